The Bertz CT molecular complexity index is 646. The number of carboxylic acid groups (broad SMARTS) is 1. The van der Waals surface area contributed by atoms with Crippen molar-refractivity contribution in [2.24, 2.45) is 0 Å². The molecule has 98 valence electrons. The predicted molar refractivity (Wildman–Crippen MR) is 72.0 cm³/mol. The lowest BCUT2D eigenvalue weighted by atomic mass is 10.2. The largest absolute Gasteiger partial charge is 0.507 e. The number of phenols is 1. The van der Waals surface area contributed by atoms with E-state index in [0.717, 1.165) is 0 Å². The number of carboxylic acids is 1. The summed E-state index contributed by atoms with van der Waals surface area (Å²) in [5, 5.41) is 21.6. The molecule has 1 heterocycles. The molecule has 1 aromatic carbocycles. The molecule has 19 heavy (non-hydrogen) atoms. The second-order valence-electron chi connectivity index (χ2n) is 3.75. The van der Waals surface area contributed by atoms with Gasteiger partial charge in [-0.2, -0.15) is 0 Å². The van der Waals surface area contributed by atoms with E-state index in [1.54, 1.807) is 0 Å². The Balaban J connectivity index is 2.33. The summed E-state index contributed by atoms with van der Waals surface area (Å²) >= 11 is 5.73. The van der Waals surface area contributed by atoms with Crippen LogP contribution in [0.3, 0.4) is 0 Å². The summed E-state index contributed by atoms with van der Waals surface area (Å²) in [6.07, 6.45) is 1.42. The molecule has 2 aromatic rings. The smallest absolute Gasteiger partial charge is 0.339 e. The maximum absolute atomic E-state index is 10.9. The Morgan fingerprint density at radius 2 is 2.11 bits per heavy atom. The summed E-state index contributed by atoms with van der Waals surface area (Å²) in [5.74, 6) is -1.18. The van der Waals surface area contributed by atoms with Crippen molar-refractivity contribution in [2.75, 3.05) is 11.1 Å². The van der Waals surface area contributed by atoms with Crippen molar-refractivity contribution in [2.45, 2.75) is 0 Å². The first-order valence-corrected chi connectivity index (χ1v) is 5.59. The molecule has 7 heteroatoms. The minimum Gasteiger partial charge on any atom is -0.507 e. The summed E-state index contributed by atoms with van der Waals surface area (Å²) in [6, 6.07) is 5.60. The van der Waals surface area contributed by atoms with Crippen LogP contribution in [0.25, 0.3) is 0 Å². The number of aromatic nitrogens is 1. The fourth-order valence-electron chi connectivity index (χ4n) is 1.48. The van der Waals surface area contributed by atoms with Crippen LogP contribution in [0.2, 0.25) is 5.02 Å². The summed E-state index contributed by atoms with van der Waals surface area (Å²) in [5.41, 5.74) is 6.28. The number of rotatable bonds is 3. The Hall–Kier alpha value is -2.47. The van der Waals surface area contributed by atoms with Crippen LogP contribution < -0.4 is 11.1 Å². The van der Waals surface area contributed by atoms with E-state index in [9.17, 15) is 9.90 Å². The van der Waals surface area contributed by atoms with Gasteiger partial charge in [-0.1, -0.05) is 11.6 Å². The van der Waals surface area contributed by atoms with E-state index in [0.29, 0.717) is 22.2 Å². The van der Waals surface area contributed by atoms with Gasteiger partial charge in [-0.3, -0.25) is 0 Å². The number of nitrogens with one attached hydrogen (secondary N) is 1. The van der Waals surface area contributed by atoms with Crippen LogP contribution in [0.5, 0.6) is 5.75 Å². The number of aromatic carboxylic acids is 1. The summed E-state index contributed by atoms with van der Waals surface area (Å²) in [7, 11) is 0. The predicted octanol–water partition coefficient (Wildman–Crippen LogP) is 2.46. The molecule has 5 N–H and O–H groups in total. The Morgan fingerprint density at radius 1 is 1.37 bits per heavy atom. The van der Waals surface area contributed by atoms with Crippen LogP contribution in [-0.4, -0.2) is 21.2 Å². The molecule has 0 amide bonds. The zero-order chi connectivity index (χ0) is 14.0. The van der Waals surface area contributed by atoms with E-state index in [1.165, 1.54) is 30.5 Å². The van der Waals surface area contributed by atoms with E-state index in [1.807, 2.05) is 0 Å². The van der Waals surface area contributed by atoms with E-state index < -0.39 is 5.97 Å². The van der Waals surface area contributed by atoms with Gasteiger partial charge in [0.15, 0.2) is 5.82 Å². The number of hydrogen-bond donors (Lipinski definition) is 4. The first-order chi connectivity index (χ1) is 8.97. The topological polar surface area (TPSA) is 108 Å². The first-order valence-electron chi connectivity index (χ1n) is 5.21. The van der Waals surface area contributed by atoms with Crippen LogP contribution in [0.4, 0.5) is 17.2 Å². The summed E-state index contributed by atoms with van der Waals surface area (Å²) in [6.45, 7) is 0. The monoisotopic (exact) mass is 279 g/mol. The van der Waals surface area contributed by atoms with Crippen molar-refractivity contribution >= 4 is 34.8 Å². The quantitative estimate of drug-likeness (QED) is 0.643. The molecule has 0 aliphatic rings. The second-order valence-corrected chi connectivity index (χ2v) is 4.19. The number of aromatic hydroxyl groups is 1. The van der Waals surface area contributed by atoms with Crippen molar-refractivity contribution in [3.05, 3.63) is 41.0 Å². The second kappa shape index (κ2) is 5.03. The molecule has 1 aromatic heterocycles. The van der Waals surface area contributed by atoms with Crippen LogP contribution in [0.15, 0.2) is 30.5 Å². The van der Waals surface area contributed by atoms with E-state index in [4.69, 9.17) is 22.4 Å². The lowest BCUT2D eigenvalue weighted by molar-refractivity contribution is 0.0694. The molecule has 6 nitrogen and oxygen atoms in total. The molecule has 0 aliphatic heterocycles. The van der Waals surface area contributed by atoms with Crippen molar-refractivity contribution in [3.63, 3.8) is 0 Å². The van der Waals surface area contributed by atoms with Gasteiger partial charge in [0.2, 0.25) is 0 Å². The minimum atomic E-state index is -1.22. The number of hydrogen-bond acceptors (Lipinski definition) is 5. The third kappa shape index (κ3) is 2.86. The molecule has 0 aliphatic carbocycles. The maximum Gasteiger partial charge on any atom is 0.339 e. The SMILES string of the molecule is Nc1cc(Cl)cnc1Nc1ccc(O)c(C(=O)O)c1. The van der Waals surface area contributed by atoms with Gasteiger partial charge in [0.25, 0.3) is 0 Å². The van der Waals surface area contributed by atoms with Gasteiger partial charge >= 0.3 is 5.97 Å². The molecule has 2 rings (SSSR count). The third-order valence-corrected chi connectivity index (χ3v) is 2.58. The van der Waals surface area contributed by atoms with Gasteiger partial charge in [0.05, 0.1) is 10.7 Å². The molecule has 0 atom stereocenters. The normalized spacial score (nSPS) is 10.2. The number of nitrogens with two attached hydrogens (primary N) is 1. The van der Waals surface area contributed by atoms with Crippen LogP contribution >= 0.6 is 11.6 Å². The highest BCUT2D eigenvalue weighted by atomic mass is 35.5. The van der Waals surface area contributed by atoms with Crippen molar-refractivity contribution < 1.29 is 15.0 Å². The van der Waals surface area contributed by atoms with Crippen LogP contribution in [0, 0.1) is 0 Å². The maximum atomic E-state index is 10.9. The molecule has 0 fully saturated rings. The molecular weight excluding hydrogens is 270 g/mol. The number of halogens is 1. The Labute approximate surface area is 113 Å². The first kappa shape index (κ1) is 13.0. The van der Waals surface area contributed by atoms with Gasteiger partial charge in [0.1, 0.15) is 11.3 Å². The number of nitrogens with zero attached hydrogens (tertiary/aromatic N) is 1. The van der Waals surface area contributed by atoms with Crippen molar-refractivity contribution in [1.29, 1.82) is 0 Å². The molecule has 0 bridgehead atoms. The van der Waals surface area contributed by atoms with Crippen molar-refractivity contribution in [1.82, 2.24) is 4.98 Å². The van der Waals surface area contributed by atoms with E-state index in [-0.39, 0.29) is 11.3 Å². The van der Waals surface area contributed by atoms with Gasteiger partial charge in [-0.25, -0.2) is 9.78 Å². The van der Waals surface area contributed by atoms with Crippen LogP contribution in [0.1, 0.15) is 10.4 Å². The number of carbonyl (C=O) groups is 1. The van der Waals surface area contributed by atoms with Crippen LogP contribution in [-0.2, 0) is 0 Å². The molecule has 0 radical (unpaired) electrons. The standard InChI is InChI=1S/C12H10ClN3O3/c13-6-3-9(14)11(15-5-6)16-7-1-2-10(17)8(4-7)12(18)19/h1-5,17H,14H2,(H,15,16)(H,18,19). The number of pyridine rings is 1. The van der Waals surface area contributed by atoms with Gasteiger partial charge in [-0.05, 0) is 24.3 Å². The highest BCUT2D eigenvalue weighted by Gasteiger charge is 2.11. The average Bonchev–Trinajstić information content (AvgIpc) is 2.34. The number of anilines is 3. The Morgan fingerprint density at radius 3 is 2.74 bits per heavy atom. The zero-order valence-corrected chi connectivity index (χ0v) is 10.3. The van der Waals surface area contributed by atoms with Gasteiger partial charge in [-0.15, -0.1) is 0 Å². The fraction of sp³-hybridized carbons (Fsp3) is 0. The molecule has 0 spiro atoms. The van der Waals surface area contributed by atoms with E-state index in [2.05, 4.69) is 10.3 Å². The third-order valence-electron chi connectivity index (χ3n) is 2.37. The minimum absolute atomic E-state index is 0.211. The zero-order valence-electron chi connectivity index (χ0n) is 9.59. The van der Waals surface area contributed by atoms with Crippen molar-refractivity contribution in [3.8, 4) is 5.75 Å². The molecule has 0 saturated carbocycles. The number of benzene rings is 1. The molecule has 0 unspecified atom stereocenters. The average molecular weight is 280 g/mol. The fourth-order valence-corrected chi connectivity index (χ4v) is 1.65. The van der Waals surface area contributed by atoms with Gasteiger partial charge in [0, 0.05) is 11.9 Å². The highest BCUT2D eigenvalue weighted by molar-refractivity contribution is 6.30. The Kier molecular flexibility index (Phi) is 3.43. The summed E-state index contributed by atoms with van der Waals surface area (Å²) in [4.78, 5) is 14.9. The lowest BCUT2D eigenvalue weighted by Gasteiger charge is -2.09. The highest BCUT2D eigenvalue weighted by Crippen LogP contribution is 2.26. The van der Waals surface area contributed by atoms with Gasteiger partial charge < -0.3 is 21.3 Å². The van der Waals surface area contributed by atoms with E-state index >= 15 is 0 Å². The summed E-state index contributed by atoms with van der Waals surface area (Å²) < 4.78 is 0. The molecular formula is C12H10ClN3O3. The lowest BCUT2D eigenvalue weighted by Crippen LogP contribution is -2.01. The number of nitrogen functional groups attached to an aromatic ring is 1. The molecule has 0 saturated heterocycles.